The van der Waals surface area contributed by atoms with Crippen LogP contribution in [0.25, 0.3) is 0 Å². The first-order chi connectivity index (χ1) is 13.2. The predicted octanol–water partition coefficient (Wildman–Crippen LogP) is 1.49. The normalized spacial score (nSPS) is 16.2. The Morgan fingerprint density at radius 2 is 1.85 bits per heavy atom. The number of carbonyl (C=O) groups excluding carboxylic acids is 1. The van der Waals surface area contributed by atoms with Crippen molar-refractivity contribution in [3.05, 3.63) is 23.8 Å². The van der Waals surface area contributed by atoms with E-state index in [9.17, 15) is 9.90 Å². The van der Waals surface area contributed by atoms with Crippen LogP contribution >= 0.6 is 11.8 Å². The Labute approximate surface area is 162 Å². The minimum absolute atomic E-state index is 0.00263. The van der Waals surface area contributed by atoms with Crippen LogP contribution in [-0.2, 0) is 23.7 Å². The second kappa shape index (κ2) is 11.8. The smallest absolute Gasteiger partial charge is 0.331 e. The molecule has 1 heterocycles. The molecule has 0 spiro atoms. The van der Waals surface area contributed by atoms with E-state index in [0.29, 0.717) is 61.8 Å². The number of esters is 1. The quantitative estimate of drug-likeness (QED) is 0.417. The maximum Gasteiger partial charge on any atom is 0.331 e. The maximum atomic E-state index is 11.6. The lowest BCUT2D eigenvalue weighted by atomic mass is 10.2. The number of phenols is 1. The van der Waals surface area contributed by atoms with Gasteiger partial charge in [-0.1, -0.05) is 6.07 Å². The Balaban J connectivity index is 1.79. The van der Waals surface area contributed by atoms with Gasteiger partial charge in [-0.05, 0) is 12.1 Å². The van der Waals surface area contributed by atoms with Crippen molar-refractivity contribution in [1.29, 1.82) is 0 Å². The van der Waals surface area contributed by atoms with Gasteiger partial charge in [0.2, 0.25) is 0 Å². The first-order valence-electron chi connectivity index (χ1n) is 8.55. The Morgan fingerprint density at radius 1 is 1.15 bits per heavy atom. The van der Waals surface area contributed by atoms with E-state index in [2.05, 4.69) is 4.99 Å². The summed E-state index contributed by atoms with van der Waals surface area (Å²) in [6, 6.07) is 4.63. The lowest BCUT2D eigenvalue weighted by molar-refractivity contribution is -0.141. The fourth-order valence-electron chi connectivity index (χ4n) is 2.26. The van der Waals surface area contributed by atoms with Gasteiger partial charge in [-0.15, -0.1) is 11.8 Å². The molecule has 0 radical (unpaired) electrons. The van der Waals surface area contributed by atoms with Crippen LogP contribution in [0.15, 0.2) is 23.2 Å². The van der Waals surface area contributed by atoms with Crippen molar-refractivity contribution in [2.45, 2.75) is 6.04 Å². The van der Waals surface area contributed by atoms with Gasteiger partial charge in [-0.25, -0.2) is 4.79 Å². The average Bonchev–Trinajstić information content (AvgIpc) is 3.17. The number of thioether (sulfide) groups is 1. The number of aromatic hydroxyl groups is 1. The van der Waals surface area contributed by atoms with Gasteiger partial charge in [0.15, 0.2) is 17.5 Å². The standard InChI is InChI=1S/C18H25NO7S/c1-22-6-7-24-8-9-25-10-11-26-15-5-3-4-13(16(15)20)17-19-14(12-27-17)18(21)23-2/h3-5,14,20H,6-12H2,1-2H3. The highest BCUT2D eigenvalue weighted by Gasteiger charge is 2.28. The minimum atomic E-state index is -0.543. The molecule has 0 saturated carbocycles. The number of rotatable bonds is 12. The molecule has 9 heteroatoms. The molecule has 1 N–H and O–H groups in total. The van der Waals surface area contributed by atoms with E-state index in [4.69, 9.17) is 23.7 Å². The number of nitrogens with zero attached hydrogens (tertiary/aromatic N) is 1. The third-order valence-electron chi connectivity index (χ3n) is 3.64. The molecule has 1 atom stereocenters. The third-order valence-corrected chi connectivity index (χ3v) is 4.72. The molecule has 2 rings (SSSR count). The molecular formula is C18H25NO7S. The molecule has 0 bridgehead atoms. The monoisotopic (exact) mass is 399 g/mol. The largest absolute Gasteiger partial charge is 0.504 e. The van der Waals surface area contributed by atoms with Crippen molar-refractivity contribution in [3.63, 3.8) is 0 Å². The van der Waals surface area contributed by atoms with E-state index in [0.717, 1.165) is 0 Å². The molecule has 8 nitrogen and oxygen atoms in total. The summed E-state index contributed by atoms with van der Waals surface area (Å²) in [4.78, 5) is 15.9. The number of phenolic OH excluding ortho intramolecular Hbond substituents is 1. The minimum Gasteiger partial charge on any atom is -0.504 e. The number of hydrogen-bond acceptors (Lipinski definition) is 9. The topological polar surface area (TPSA) is 95.8 Å². The van der Waals surface area contributed by atoms with Gasteiger partial charge in [0.25, 0.3) is 0 Å². The van der Waals surface area contributed by atoms with Crippen LogP contribution < -0.4 is 4.74 Å². The molecule has 27 heavy (non-hydrogen) atoms. The molecule has 150 valence electrons. The summed E-state index contributed by atoms with van der Waals surface area (Å²) < 4.78 is 25.9. The zero-order valence-corrected chi connectivity index (χ0v) is 16.3. The van der Waals surface area contributed by atoms with Crippen LogP contribution in [0.4, 0.5) is 0 Å². The fraction of sp³-hybridized carbons (Fsp3) is 0.556. The van der Waals surface area contributed by atoms with Gasteiger partial charge in [0.1, 0.15) is 11.7 Å². The van der Waals surface area contributed by atoms with E-state index >= 15 is 0 Å². The van der Waals surface area contributed by atoms with Crippen LogP contribution in [0.1, 0.15) is 5.56 Å². The van der Waals surface area contributed by atoms with Gasteiger partial charge >= 0.3 is 5.97 Å². The van der Waals surface area contributed by atoms with E-state index in [1.807, 2.05) is 0 Å². The predicted molar refractivity (Wildman–Crippen MR) is 102 cm³/mol. The molecule has 0 aliphatic carbocycles. The number of aliphatic imine (C=N–C) groups is 1. The second-order valence-corrected chi connectivity index (χ2v) is 6.51. The third kappa shape index (κ3) is 6.69. The molecule has 0 saturated heterocycles. The summed E-state index contributed by atoms with van der Waals surface area (Å²) in [6.07, 6.45) is 0. The molecule has 0 aromatic heterocycles. The number of methoxy groups -OCH3 is 2. The van der Waals surface area contributed by atoms with Crippen molar-refractivity contribution < 1.29 is 33.6 Å². The first kappa shape index (κ1) is 21.5. The average molecular weight is 399 g/mol. The number of hydrogen-bond donors (Lipinski definition) is 1. The van der Waals surface area contributed by atoms with E-state index in [1.165, 1.54) is 18.9 Å². The number of carbonyl (C=O) groups is 1. The summed E-state index contributed by atoms with van der Waals surface area (Å²) in [6.45, 7) is 2.71. The maximum absolute atomic E-state index is 11.6. The lowest BCUT2D eigenvalue weighted by Crippen LogP contribution is -2.19. The van der Waals surface area contributed by atoms with Crippen molar-refractivity contribution >= 4 is 22.8 Å². The van der Waals surface area contributed by atoms with Gasteiger partial charge < -0.3 is 28.8 Å². The van der Waals surface area contributed by atoms with Gasteiger partial charge in [-0.3, -0.25) is 4.99 Å². The van der Waals surface area contributed by atoms with Crippen molar-refractivity contribution in [1.82, 2.24) is 0 Å². The Morgan fingerprint density at radius 3 is 2.56 bits per heavy atom. The van der Waals surface area contributed by atoms with E-state index in [-0.39, 0.29) is 11.7 Å². The molecule has 1 unspecified atom stereocenters. The summed E-state index contributed by atoms with van der Waals surface area (Å²) in [5.41, 5.74) is 0.538. The number of benzene rings is 1. The molecule has 0 amide bonds. The lowest BCUT2D eigenvalue weighted by Gasteiger charge is -2.11. The van der Waals surface area contributed by atoms with E-state index < -0.39 is 6.04 Å². The first-order valence-corrected chi connectivity index (χ1v) is 9.54. The van der Waals surface area contributed by atoms with Crippen molar-refractivity contribution in [3.8, 4) is 11.5 Å². The SMILES string of the molecule is COCCOCCOCCOc1cccc(C2=NC(C(=O)OC)CS2)c1O. The fourth-order valence-corrected chi connectivity index (χ4v) is 3.31. The highest BCUT2D eigenvalue weighted by Crippen LogP contribution is 2.35. The van der Waals surface area contributed by atoms with Crippen LogP contribution in [0.3, 0.4) is 0 Å². The molecule has 1 aliphatic rings. The highest BCUT2D eigenvalue weighted by molar-refractivity contribution is 8.14. The second-order valence-electron chi connectivity index (χ2n) is 5.50. The molecular weight excluding hydrogens is 374 g/mol. The number of ether oxygens (including phenoxy) is 5. The van der Waals surface area contributed by atoms with Crippen LogP contribution in [-0.4, -0.2) is 81.8 Å². The summed E-state index contributed by atoms with van der Waals surface area (Å²) in [5, 5.41) is 11.0. The number of para-hydroxylation sites is 1. The zero-order valence-electron chi connectivity index (χ0n) is 15.5. The Kier molecular flexibility index (Phi) is 9.40. The van der Waals surface area contributed by atoms with Crippen molar-refractivity contribution in [2.24, 2.45) is 4.99 Å². The molecule has 1 aromatic carbocycles. The van der Waals surface area contributed by atoms with Gasteiger partial charge in [-0.2, -0.15) is 0 Å². The van der Waals surface area contributed by atoms with E-state index in [1.54, 1.807) is 25.3 Å². The molecule has 1 aliphatic heterocycles. The Bertz CT molecular complexity index is 638. The Hall–Kier alpha value is -1.81. The van der Waals surface area contributed by atoms with Crippen molar-refractivity contribution in [2.75, 3.05) is 59.6 Å². The van der Waals surface area contributed by atoms with Gasteiger partial charge in [0, 0.05) is 12.9 Å². The summed E-state index contributed by atoms with van der Waals surface area (Å²) >= 11 is 1.40. The van der Waals surface area contributed by atoms with Gasteiger partial charge in [0.05, 0.1) is 45.7 Å². The van der Waals surface area contributed by atoms with Crippen LogP contribution in [0.2, 0.25) is 0 Å². The van der Waals surface area contributed by atoms with Crippen LogP contribution in [0.5, 0.6) is 11.5 Å². The summed E-state index contributed by atoms with van der Waals surface area (Å²) in [7, 11) is 2.96. The molecule has 1 aromatic rings. The summed E-state index contributed by atoms with van der Waals surface area (Å²) in [5.74, 6) is 0.453. The molecule has 0 fully saturated rings. The highest BCUT2D eigenvalue weighted by atomic mass is 32.2. The van der Waals surface area contributed by atoms with Crippen LogP contribution in [0, 0.1) is 0 Å². The zero-order chi connectivity index (χ0) is 19.5.